The van der Waals surface area contributed by atoms with E-state index in [1.54, 1.807) is 23.6 Å². The summed E-state index contributed by atoms with van der Waals surface area (Å²) in [4.78, 5) is 16.4. The van der Waals surface area contributed by atoms with Crippen molar-refractivity contribution in [3.63, 3.8) is 0 Å². The molecule has 2 N–H and O–H groups in total. The quantitative estimate of drug-likeness (QED) is 0.558. The van der Waals surface area contributed by atoms with Crippen LogP contribution in [0.1, 0.15) is 22.8 Å². The van der Waals surface area contributed by atoms with Crippen molar-refractivity contribution < 1.29 is 18.3 Å². The molecule has 1 fully saturated rings. The number of anilines is 3. The summed E-state index contributed by atoms with van der Waals surface area (Å²) < 4.78 is 27.7. The van der Waals surface area contributed by atoms with Gasteiger partial charge in [-0.25, -0.2) is 13.2 Å². The molecule has 0 bridgehead atoms. The van der Waals surface area contributed by atoms with Gasteiger partial charge in [0.25, 0.3) is 10.0 Å². The number of rotatable bonds is 6. The van der Waals surface area contributed by atoms with E-state index >= 15 is 0 Å². The van der Waals surface area contributed by atoms with E-state index in [0.29, 0.717) is 18.8 Å². The van der Waals surface area contributed by atoms with Crippen LogP contribution in [0.5, 0.6) is 0 Å². The Morgan fingerprint density at radius 1 is 1.12 bits per heavy atom. The maximum atomic E-state index is 12.5. The first kappa shape index (κ1) is 22.2. The summed E-state index contributed by atoms with van der Waals surface area (Å²) in [6, 6.07) is 16.4. The second-order valence-corrected chi connectivity index (χ2v) is 10.8. The van der Waals surface area contributed by atoms with Crippen LogP contribution in [-0.2, 0) is 10.0 Å². The number of carboxylic acids is 1. The zero-order chi connectivity index (χ0) is 22.9. The Balaban J connectivity index is 1.56. The lowest BCUT2D eigenvalue weighted by atomic mass is 10.1. The third-order valence-corrected chi connectivity index (χ3v) is 8.32. The zero-order valence-electron chi connectivity index (χ0n) is 17.9. The van der Waals surface area contributed by atoms with E-state index in [2.05, 4.69) is 46.6 Å². The lowest BCUT2D eigenvalue weighted by Gasteiger charge is -2.42. The van der Waals surface area contributed by atoms with E-state index in [0.717, 1.165) is 23.6 Å². The van der Waals surface area contributed by atoms with Crippen LogP contribution < -0.4 is 14.5 Å². The smallest absolute Gasteiger partial charge is 0.337 e. The summed E-state index contributed by atoms with van der Waals surface area (Å²) in [5.41, 5.74) is 3.26. The molecule has 32 heavy (non-hydrogen) atoms. The van der Waals surface area contributed by atoms with Crippen molar-refractivity contribution in [1.29, 1.82) is 0 Å². The first-order valence-electron chi connectivity index (χ1n) is 10.3. The first-order valence-corrected chi connectivity index (χ1v) is 12.6. The zero-order valence-corrected chi connectivity index (χ0v) is 19.5. The standard InChI is InChI=1S/C23H25N3O4S2/c1-16-5-3-6-19(13-16)26-11-10-25(15-17(26)2)21-9-8-18(14-20(21)23(27)28)24-32(29,30)22-7-4-12-31-22/h3-9,12-14,17,24H,10-11,15H2,1-2H3,(H,27,28)/t17-/m0/s1. The van der Waals surface area contributed by atoms with Crippen LogP contribution in [0.4, 0.5) is 17.1 Å². The summed E-state index contributed by atoms with van der Waals surface area (Å²) in [6.45, 7) is 6.28. The number of hydrogen-bond donors (Lipinski definition) is 2. The van der Waals surface area contributed by atoms with Crippen molar-refractivity contribution in [2.24, 2.45) is 0 Å². The Morgan fingerprint density at radius 2 is 1.94 bits per heavy atom. The minimum absolute atomic E-state index is 0.0765. The monoisotopic (exact) mass is 471 g/mol. The SMILES string of the molecule is Cc1cccc(N2CCN(c3ccc(NS(=O)(=O)c4cccs4)cc3C(=O)O)C[C@@H]2C)c1. The predicted octanol–water partition coefficient (Wildman–Crippen LogP) is 4.27. The van der Waals surface area contributed by atoms with Crippen LogP contribution in [0.2, 0.25) is 0 Å². The molecule has 1 aliphatic rings. The van der Waals surface area contributed by atoms with Crippen molar-refractivity contribution in [3.05, 3.63) is 71.1 Å². The number of hydrogen-bond acceptors (Lipinski definition) is 6. The number of benzene rings is 2. The Hall–Kier alpha value is -3.04. The molecule has 2 heterocycles. The van der Waals surface area contributed by atoms with Gasteiger partial charge in [0.05, 0.1) is 11.3 Å². The van der Waals surface area contributed by atoms with Crippen LogP contribution in [0.25, 0.3) is 0 Å². The Labute approximate surface area is 192 Å². The molecule has 9 heteroatoms. The molecule has 1 aromatic heterocycles. The molecule has 0 saturated carbocycles. The summed E-state index contributed by atoms with van der Waals surface area (Å²) in [7, 11) is -3.75. The number of nitrogens with one attached hydrogen (secondary N) is 1. The highest BCUT2D eigenvalue weighted by molar-refractivity contribution is 7.94. The van der Waals surface area contributed by atoms with Gasteiger partial charge >= 0.3 is 5.97 Å². The fourth-order valence-corrected chi connectivity index (χ4v) is 6.08. The van der Waals surface area contributed by atoms with Crippen LogP contribution in [0, 0.1) is 6.92 Å². The maximum Gasteiger partial charge on any atom is 0.337 e. The fourth-order valence-electron chi connectivity index (χ4n) is 4.04. The lowest BCUT2D eigenvalue weighted by Crippen LogP contribution is -2.52. The molecule has 0 radical (unpaired) electrons. The van der Waals surface area contributed by atoms with E-state index in [1.807, 2.05) is 6.07 Å². The first-order chi connectivity index (χ1) is 15.2. The van der Waals surface area contributed by atoms with E-state index < -0.39 is 16.0 Å². The van der Waals surface area contributed by atoms with E-state index in [-0.39, 0.29) is 21.5 Å². The van der Waals surface area contributed by atoms with Gasteiger partial charge in [-0.15, -0.1) is 11.3 Å². The molecule has 4 rings (SSSR count). The van der Waals surface area contributed by atoms with Crippen molar-refractivity contribution in [2.45, 2.75) is 24.1 Å². The van der Waals surface area contributed by atoms with Crippen molar-refractivity contribution >= 4 is 44.4 Å². The number of aromatic carboxylic acids is 1. The Bertz CT molecular complexity index is 1230. The highest BCUT2D eigenvalue weighted by atomic mass is 32.2. The Kier molecular flexibility index (Phi) is 6.12. The largest absolute Gasteiger partial charge is 0.478 e. The van der Waals surface area contributed by atoms with E-state index in [1.165, 1.54) is 17.7 Å². The predicted molar refractivity (Wildman–Crippen MR) is 129 cm³/mol. The van der Waals surface area contributed by atoms with Gasteiger partial charge in [0.1, 0.15) is 4.21 Å². The molecule has 2 aromatic carbocycles. The number of thiophene rings is 1. The molecule has 0 unspecified atom stereocenters. The number of sulfonamides is 1. The maximum absolute atomic E-state index is 12.5. The summed E-state index contributed by atoms with van der Waals surface area (Å²) in [5, 5.41) is 11.5. The van der Waals surface area contributed by atoms with Gasteiger partial charge in [-0.05, 0) is 61.2 Å². The highest BCUT2D eigenvalue weighted by Gasteiger charge is 2.27. The van der Waals surface area contributed by atoms with Crippen LogP contribution in [-0.4, -0.2) is 45.2 Å². The van der Waals surface area contributed by atoms with Gasteiger partial charge in [0, 0.05) is 37.1 Å². The van der Waals surface area contributed by atoms with Gasteiger partial charge < -0.3 is 14.9 Å². The summed E-state index contributed by atoms with van der Waals surface area (Å²) in [6.07, 6.45) is 0. The van der Waals surface area contributed by atoms with Gasteiger partial charge in [-0.1, -0.05) is 18.2 Å². The third-order valence-electron chi connectivity index (χ3n) is 5.54. The lowest BCUT2D eigenvalue weighted by molar-refractivity contribution is 0.0697. The molecule has 168 valence electrons. The van der Waals surface area contributed by atoms with Gasteiger partial charge in [-0.3, -0.25) is 4.72 Å². The fraction of sp³-hybridized carbons (Fsp3) is 0.261. The van der Waals surface area contributed by atoms with E-state index in [9.17, 15) is 18.3 Å². The van der Waals surface area contributed by atoms with Crippen LogP contribution in [0.15, 0.2) is 64.2 Å². The topological polar surface area (TPSA) is 90.0 Å². The van der Waals surface area contributed by atoms with Crippen LogP contribution in [0.3, 0.4) is 0 Å². The second kappa shape index (κ2) is 8.84. The van der Waals surface area contributed by atoms with Crippen molar-refractivity contribution in [1.82, 2.24) is 0 Å². The number of nitrogens with zero attached hydrogens (tertiary/aromatic N) is 2. The molecule has 1 saturated heterocycles. The van der Waals surface area contributed by atoms with Gasteiger partial charge in [-0.2, -0.15) is 0 Å². The molecular formula is C23H25N3O4S2. The second-order valence-electron chi connectivity index (χ2n) is 7.90. The molecule has 0 amide bonds. The van der Waals surface area contributed by atoms with E-state index in [4.69, 9.17) is 0 Å². The van der Waals surface area contributed by atoms with Crippen LogP contribution >= 0.6 is 11.3 Å². The number of carboxylic acid groups (broad SMARTS) is 1. The average molecular weight is 472 g/mol. The normalized spacial score (nSPS) is 16.8. The minimum Gasteiger partial charge on any atom is -0.478 e. The average Bonchev–Trinajstić information content (AvgIpc) is 3.29. The van der Waals surface area contributed by atoms with Gasteiger partial charge in [0.15, 0.2) is 0 Å². The summed E-state index contributed by atoms with van der Waals surface area (Å²) >= 11 is 1.11. The number of carbonyl (C=O) groups is 1. The highest BCUT2D eigenvalue weighted by Crippen LogP contribution is 2.30. The molecule has 3 aromatic rings. The molecule has 1 aliphatic heterocycles. The summed E-state index contributed by atoms with van der Waals surface area (Å²) in [5.74, 6) is -1.09. The molecule has 0 spiro atoms. The van der Waals surface area contributed by atoms with Gasteiger partial charge in [0.2, 0.25) is 0 Å². The molecule has 0 aliphatic carbocycles. The number of aryl methyl sites for hydroxylation is 1. The Morgan fingerprint density at radius 3 is 2.59 bits per heavy atom. The third kappa shape index (κ3) is 4.58. The molecular weight excluding hydrogens is 446 g/mol. The molecule has 1 atom stereocenters. The molecule has 7 nitrogen and oxygen atoms in total. The number of piperazine rings is 1. The van der Waals surface area contributed by atoms with Crippen molar-refractivity contribution in [3.8, 4) is 0 Å². The van der Waals surface area contributed by atoms with Crippen molar-refractivity contribution in [2.75, 3.05) is 34.2 Å². The minimum atomic E-state index is -3.75.